The summed E-state index contributed by atoms with van der Waals surface area (Å²) in [6.45, 7) is 5.63. The number of likely N-dealkylation sites (N-methyl/N-ethyl adjacent to an activating group) is 1. The van der Waals surface area contributed by atoms with Crippen molar-refractivity contribution in [1.82, 2.24) is 14.8 Å². The Morgan fingerprint density at radius 1 is 1.04 bits per heavy atom. The molecule has 0 unspecified atom stereocenters. The first kappa shape index (κ1) is 15.2. The monoisotopic (exact) mass is 331 g/mol. The van der Waals surface area contributed by atoms with Crippen LogP contribution in [0, 0.1) is 6.92 Å². The summed E-state index contributed by atoms with van der Waals surface area (Å²) in [5, 5.41) is 1.41. The Morgan fingerprint density at radius 3 is 2.80 bits per heavy atom. The highest BCUT2D eigenvalue weighted by molar-refractivity contribution is 5.85. The van der Waals surface area contributed by atoms with Gasteiger partial charge in [-0.1, -0.05) is 48.0 Å². The van der Waals surface area contributed by atoms with Crippen LogP contribution in [0.1, 0.15) is 28.4 Å². The van der Waals surface area contributed by atoms with E-state index in [0.29, 0.717) is 12.1 Å². The van der Waals surface area contributed by atoms with E-state index >= 15 is 0 Å². The Morgan fingerprint density at radius 2 is 1.92 bits per heavy atom. The highest BCUT2D eigenvalue weighted by atomic mass is 15.3. The van der Waals surface area contributed by atoms with Crippen LogP contribution in [0.15, 0.2) is 48.5 Å². The zero-order valence-corrected chi connectivity index (χ0v) is 15.0. The quantitative estimate of drug-likeness (QED) is 0.734. The number of aryl methyl sites for hydroxylation is 1. The third-order valence-electron chi connectivity index (χ3n) is 5.98. The van der Waals surface area contributed by atoms with Gasteiger partial charge in [-0.3, -0.25) is 4.90 Å². The van der Waals surface area contributed by atoms with E-state index in [-0.39, 0.29) is 0 Å². The lowest BCUT2D eigenvalue weighted by molar-refractivity contribution is 0.0546. The summed E-state index contributed by atoms with van der Waals surface area (Å²) < 4.78 is 0. The van der Waals surface area contributed by atoms with Crippen LogP contribution in [0.2, 0.25) is 0 Å². The summed E-state index contributed by atoms with van der Waals surface area (Å²) in [5.74, 6) is 0. The molecule has 5 rings (SSSR count). The van der Waals surface area contributed by atoms with Gasteiger partial charge >= 0.3 is 0 Å². The normalized spacial score (nSPS) is 24.2. The maximum absolute atomic E-state index is 3.77. The lowest BCUT2D eigenvalue weighted by Crippen LogP contribution is -2.56. The number of nitrogens with zero attached hydrogens (tertiary/aromatic N) is 2. The van der Waals surface area contributed by atoms with E-state index in [9.17, 15) is 0 Å². The van der Waals surface area contributed by atoms with Gasteiger partial charge in [0.1, 0.15) is 0 Å². The minimum Gasteiger partial charge on any atom is -0.357 e. The standard InChI is InChI=1S/C22H25N3/c1-15-6-5-7-16(12-15)22-21-19(18-8-3-4-9-20(18)23-21)13-17-14-24(2)10-11-25(17)22/h3-9,12,17,22-23H,10-11,13-14H2,1-2H3/t17-,22-/m0/s1. The zero-order valence-electron chi connectivity index (χ0n) is 15.0. The molecule has 25 heavy (non-hydrogen) atoms. The van der Waals surface area contributed by atoms with Crippen molar-refractivity contribution in [2.45, 2.75) is 25.4 Å². The Hall–Kier alpha value is -2.10. The molecule has 0 saturated carbocycles. The second-order valence-electron chi connectivity index (χ2n) is 7.74. The zero-order chi connectivity index (χ0) is 17.0. The first-order valence-corrected chi connectivity index (χ1v) is 9.31. The minimum atomic E-state index is 0.342. The number of H-pyrrole nitrogens is 1. The van der Waals surface area contributed by atoms with Crippen molar-refractivity contribution >= 4 is 10.9 Å². The van der Waals surface area contributed by atoms with Crippen molar-refractivity contribution < 1.29 is 0 Å². The van der Waals surface area contributed by atoms with Crippen LogP contribution in [-0.4, -0.2) is 47.5 Å². The minimum absolute atomic E-state index is 0.342. The number of aromatic amines is 1. The molecule has 1 saturated heterocycles. The molecule has 0 aliphatic carbocycles. The molecule has 2 aliphatic heterocycles. The highest BCUT2D eigenvalue weighted by Crippen LogP contribution is 2.41. The fraction of sp³-hybridized carbons (Fsp3) is 0.364. The predicted molar refractivity (Wildman–Crippen MR) is 103 cm³/mol. The van der Waals surface area contributed by atoms with Crippen LogP contribution in [0.4, 0.5) is 0 Å². The molecule has 3 heteroatoms. The molecule has 0 radical (unpaired) electrons. The maximum Gasteiger partial charge on any atom is 0.0760 e. The van der Waals surface area contributed by atoms with Gasteiger partial charge in [-0.2, -0.15) is 0 Å². The molecular formula is C22H25N3. The summed E-state index contributed by atoms with van der Waals surface area (Å²) in [5.41, 5.74) is 6.97. The SMILES string of the molecule is Cc1cccc([C@H]2c3[nH]c4ccccc4c3C[C@H]3CN(C)CCN32)c1. The van der Waals surface area contributed by atoms with Crippen molar-refractivity contribution in [3.05, 3.63) is 70.9 Å². The Bertz CT molecular complexity index is 926. The number of rotatable bonds is 1. The first-order chi connectivity index (χ1) is 12.2. The van der Waals surface area contributed by atoms with E-state index < -0.39 is 0 Å². The van der Waals surface area contributed by atoms with Gasteiger partial charge in [0.2, 0.25) is 0 Å². The molecular weight excluding hydrogens is 306 g/mol. The summed E-state index contributed by atoms with van der Waals surface area (Å²) in [6, 6.07) is 18.8. The molecule has 0 spiro atoms. The van der Waals surface area contributed by atoms with E-state index in [1.807, 2.05) is 0 Å². The van der Waals surface area contributed by atoms with Gasteiger partial charge in [0, 0.05) is 42.3 Å². The molecule has 1 aromatic heterocycles. The van der Waals surface area contributed by atoms with Gasteiger partial charge in [-0.15, -0.1) is 0 Å². The second-order valence-corrected chi connectivity index (χ2v) is 7.74. The largest absolute Gasteiger partial charge is 0.357 e. The summed E-state index contributed by atoms with van der Waals surface area (Å²) in [4.78, 5) is 8.98. The predicted octanol–water partition coefficient (Wildman–Crippen LogP) is 3.74. The fourth-order valence-corrected chi connectivity index (χ4v) is 4.82. The maximum atomic E-state index is 3.77. The Kier molecular flexibility index (Phi) is 3.47. The number of benzene rings is 2. The molecule has 0 bridgehead atoms. The molecule has 3 heterocycles. The van der Waals surface area contributed by atoms with E-state index in [1.165, 1.54) is 33.3 Å². The lowest BCUT2D eigenvalue weighted by Gasteiger charge is -2.47. The van der Waals surface area contributed by atoms with Gasteiger partial charge in [-0.25, -0.2) is 0 Å². The number of hydrogen-bond acceptors (Lipinski definition) is 2. The van der Waals surface area contributed by atoms with E-state index in [0.717, 1.165) is 26.1 Å². The number of piperazine rings is 1. The van der Waals surface area contributed by atoms with Gasteiger partial charge < -0.3 is 9.88 Å². The number of hydrogen-bond donors (Lipinski definition) is 1. The average Bonchev–Trinajstić information content (AvgIpc) is 2.97. The van der Waals surface area contributed by atoms with Crippen LogP contribution in [0.5, 0.6) is 0 Å². The van der Waals surface area contributed by atoms with Crippen LogP contribution in [0.25, 0.3) is 10.9 Å². The highest BCUT2D eigenvalue weighted by Gasteiger charge is 2.39. The third kappa shape index (κ3) is 2.42. The molecule has 1 N–H and O–H groups in total. The molecule has 1 fully saturated rings. The van der Waals surface area contributed by atoms with Crippen LogP contribution < -0.4 is 0 Å². The van der Waals surface area contributed by atoms with E-state index in [1.54, 1.807) is 0 Å². The Balaban J connectivity index is 1.71. The van der Waals surface area contributed by atoms with Crippen LogP contribution in [0.3, 0.4) is 0 Å². The van der Waals surface area contributed by atoms with E-state index in [4.69, 9.17) is 0 Å². The Labute approximate surface area is 149 Å². The number of nitrogens with one attached hydrogen (secondary N) is 1. The summed E-state index contributed by atoms with van der Waals surface area (Å²) >= 11 is 0. The van der Waals surface area contributed by atoms with Crippen LogP contribution in [-0.2, 0) is 6.42 Å². The number of para-hydroxylation sites is 1. The first-order valence-electron chi connectivity index (χ1n) is 9.31. The molecule has 2 aromatic carbocycles. The van der Waals surface area contributed by atoms with Crippen molar-refractivity contribution in [1.29, 1.82) is 0 Å². The molecule has 2 atom stereocenters. The molecule has 0 amide bonds. The van der Waals surface area contributed by atoms with Gasteiger partial charge in [0.15, 0.2) is 0 Å². The molecule has 128 valence electrons. The molecule has 2 aliphatic rings. The number of aromatic nitrogens is 1. The van der Waals surface area contributed by atoms with Gasteiger partial charge in [0.05, 0.1) is 6.04 Å². The summed E-state index contributed by atoms with van der Waals surface area (Å²) in [6.07, 6.45) is 1.14. The van der Waals surface area contributed by atoms with Crippen molar-refractivity contribution in [2.75, 3.05) is 26.7 Å². The molecule has 3 nitrogen and oxygen atoms in total. The van der Waals surface area contributed by atoms with Crippen molar-refractivity contribution in [3.63, 3.8) is 0 Å². The smallest absolute Gasteiger partial charge is 0.0760 e. The van der Waals surface area contributed by atoms with Crippen LogP contribution >= 0.6 is 0 Å². The van der Waals surface area contributed by atoms with Crippen molar-refractivity contribution in [2.24, 2.45) is 0 Å². The number of fused-ring (bicyclic) bond motifs is 4. The molecule has 3 aromatic rings. The van der Waals surface area contributed by atoms with E-state index in [2.05, 4.69) is 77.3 Å². The second kappa shape index (κ2) is 5.72. The summed E-state index contributed by atoms with van der Waals surface area (Å²) in [7, 11) is 2.25. The topological polar surface area (TPSA) is 22.3 Å². The van der Waals surface area contributed by atoms with Gasteiger partial charge in [0.25, 0.3) is 0 Å². The van der Waals surface area contributed by atoms with Gasteiger partial charge in [-0.05, 0) is 37.6 Å². The lowest BCUT2D eigenvalue weighted by atomic mass is 9.86. The average molecular weight is 331 g/mol. The van der Waals surface area contributed by atoms with Crippen molar-refractivity contribution in [3.8, 4) is 0 Å². The third-order valence-corrected chi connectivity index (χ3v) is 5.98. The fourth-order valence-electron chi connectivity index (χ4n) is 4.82.